The highest BCUT2D eigenvalue weighted by atomic mass is 19.1. The molecule has 0 saturated carbocycles. The van der Waals surface area contributed by atoms with Crippen molar-refractivity contribution in [3.05, 3.63) is 35.6 Å². The van der Waals surface area contributed by atoms with Gasteiger partial charge in [-0.1, -0.05) is 12.1 Å². The summed E-state index contributed by atoms with van der Waals surface area (Å²) >= 11 is 0. The van der Waals surface area contributed by atoms with E-state index in [4.69, 9.17) is 0 Å². The predicted octanol–water partition coefficient (Wildman–Crippen LogP) is 1.66. The highest BCUT2D eigenvalue weighted by Gasteiger charge is 2.14. The summed E-state index contributed by atoms with van der Waals surface area (Å²) in [6, 6.07) is 7.48. The fourth-order valence-electron chi connectivity index (χ4n) is 2.19. The van der Waals surface area contributed by atoms with Gasteiger partial charge in [0.15, 0.2) is 0 Å². The lowest BCUT2D eigenvalue weighted by atomic mass is 10.1. The molecule has 88 valence electrons. The van der Waals surface area contributed by atoms with Crippen LogP contribution >= 0.6 is 0 Å². The minimum Gasteiger partial charge on any atom is -0.312 e. The van der Waals surface area contributed by atoms with Crippen molar-refractivity contribution in [3.8, 4) is 0 Å². The summed E-state index contributed by atoms with van der Waals surface area (Å²) in [7, 11) is 0. The molecule has 1 fully saturated rings. The molecular weight excluding hydrogens is 203 g/mol. The summed E-state index contributed by atoms with van der Waals surface area (Å²) in [5, 5.41) is 3.42. The first kappa shape index (κ1) is 11.6. The highest BCUT2D eigenvalue weighted by molar-refractivity contribution is 5.16. The van der Waals surface area contributed by atoms with Crippen LogP contribution in [0.3, 0.4) is 0 Å². The van der Waals surface area contributed by atoms with E-state index < -0.39 is 0 Å². The molecule has 0 amide bonds. The van der Waals surface area contributed by atoms with Crippen molar-refractivity contribution in [2.45, 2.75) is 19.4 Å². The fourth-order valence-corrected chi connectivity index (χ4v) is 2.19. The van der Waals surface area contributed by atoms with Gasteiger partial charge >= 0.3 is 0 Å². The lowest BCUT2D eigenvalue weighted by molar-refractivity contribution is 0.209. The first-order valence-corrected chi connectivity index (χ1v) is 5.94. The van der Waals surface area contributed by atoms with E-state index in [1.165, 1.54) is 6.07 Å². The van der Waals surface area contributed by atoms with E-state index in [9.17, 15) is 4.39 Å². The summed E-state index contributed by atoms with van der Waals surface area (Å²) in [6.45, 7) is 6.48. The lowest BCUT2D eigenvalue weighted by Gasteiger charge is -2.31. The topological polar surface area (TPSA) is 15.3 Å². The normalized spacial score (nSPS) is 22.2. The first-order chi connectivity index (χ1) is 7.74. The molecule has 0 aliphatic carbocycles. The molecule has 1 aromatic carbocycles. The van der Waals surface area contributed by atoms with Gasteiger partial charge in [-0.05, 0) is 31.0 Å². The third-order valence-corrected chi connectivity index (χ3v) is 3.06. The molecule has 16 heavy (non-hydrogen) atoms. The van der Waals surface area contributed by atoms with Gasteiger partial charge in [-0.15, -0.1) is 0 Å². The molecule has 1 heterocycles. The molecule has 1 aliphatic rings. The number of benzene rings is 1. The average Bonchev–Trinajstić information content (AvgIpc) is 2.27. The summed E-state index contributed by atoms with van der Waals surface area (Å²) < 4.78 is 13.0. The van der Waals surface area contributed by atoms with E-state index in [2.05, 4.69) is 17.1 Å². The standard InChI is InChI=1S/C13H19FN2/c1-11-10-16(8-6-15-11)7-5-12-3-2-4-13(14)9-12/h2-4,9,11,15H,5-8,10H2,1H3/t11-/m0/s1. The Kier molecular flexibility index (Phi) is 3.91. The zero-order valence-electron chi connectivity index (χ0n) is 9.75. The molecule has 0 bridgehead atoms. The van der Waals surface area contributed by atoms with Gasteiger partial charge in [-0.25, -0.2) is 4.39 Å². The number of hydrogen-bond acceptors (Lipinski definition) is 2. The molecular formula is C13H19FN2. The molecule has 0 aromatic heterocycles. The fraction of sp³-hybridized carbons (Fsp3) is 0.538. The Balaban J connectivity index is 1.82. The van der Waals surface area contributed by atoms with E-state index in [0.29, 0.717) is 6.04 Å². The van der Waals surface area contributed by atoms with Crippen molar-refractivity contribution in [2.75, 3.05) is 26.2 Å². The second-order valence-electron chi connectivity index (χ2n) is 4.54. The zero-order chi connectivity index (χ0) is 11.4. The maximum Gasteiger partial charge on any atom is 0.123 e. The number of halogens is 1. The molecule has 1 saturated heterocycles. The van der Waals surface area contributed by atoms with E-state index >= 15 is 0 Å². The zero-order valence-corrected chi connectivity index (χ0v) is 9.75. The van der Waals surface area contributed by atoms with Crippen molar-refractivity contribution in [1.29, 1.82) is 0 Å². The molecule has 3 heteroatoms. The molecule has 0 unspecified atom stereocenters. The summed E-state index contributed by atoms with van der Waals surface area (Å²) in [5.41, 5.74) is 1.09. The van der Waals surface area contributed by atoms with E-state index in [-0.39, 0.29) is 5.82 Å². The predicted molar refractivity (Wildman–Crippen MR) is 64.0 cm³/mol. The second kappa shape index (κ2) is 5.41. The highest BCUT2D eigenvalue weighted by Crippen LogP contribution is 2.06. The molecule has 1 atom stereocenters. The van der Waals surface area contributed by atoms with Gasteiger partial charge in [0.1, 0.15) is 5.82 Å². The second-order valence-corrected chi connectivity index (χ2v) is 4.54. The Labute approximate surface area is 96.5 Å². The van der Waals surface area contributed by atoms with Gasteiger partial charge in [0, 0.05) is 32.2 Å². The van der Waals surface area contributed by atoms with Crippen LogP contribution in [0.15, 0.2) is 24.3 Å². The molecule has 1 aromatic rings. The van der Waals surface area contributed by atoms with Crippen LogP contribution in [-0.4, -0.2) is 37.1 Å². The van der Waals surface area contributed by atoms with Crippen LogP contribution in [0.4, 0.5) is 4.39 Å². The molecule has 0 radical (unpaired) electrons. The monoisotopic (exact) mass is 222 g/mol. The molecule has 2 nitrogen and oxygen atoms in total. The van der Waals surface area contributed by atoms with Gasteiger partial charge in [0.2, 0.25) is 0 Å². The van der Waals surface area contributed by atoms with Crippen LogP contribution in [0, 0.1) is 5.82 Å². The first-order valence-electron chi connectivity index (χ1n) is 5.94. The van der Waals surface area contributed by atoms with Crippen LogP contribution in [0.1, 0.15) is 12.5 Å². The number of hydrogen-bond donors (Lipinski definition) is 1. The van der Waals surface area contributed by atoms with Crippen LogP contribution in [0.25, 0.3) is 0 Å². The van der Waals surface area contributed by atoms with Gasteiger partial charge in [-0.3, -0.25) is 0 Å². The Hall–Kier alpha value is -0.930. The Bertz CT molecular complexity index is 340. The smallest absolute Gasteiger partial charge is 0.123 e. The Morgan fingerprint density at radius 1 is 1.50 bits per heavy atom. The molecule has 0 spiro atoms. The number of rotatable bonds is 3. The lowest BCUT2D eigenvalue weighted by Crippen LogP contribution is -2.49. The molecule has 1 aliphatic heterocycles. The minimum atomic E-state index is -0.133. The van der Waals surface area contributed by atoms with E-state index in [1.807, 2.05) is 6.07 Å². The van der Waals surface area contributed by atoms with Gasteiger partial charge in [0.05, 0.1) is 0 Å². The largest absolute Gasteiger partial charge is 0.312 e. The SMILES string of the molecule is C[C@H]1CN(CCc2cccc(F)c2)CCN1. The van der Waals surface area contributed by atoms with Gasteiger partial charge < -0.3 is 10.2 Å². The van der Waals surface area contributed by atoms with E-state index in [1.54, 1.807) is 12.1 Å². The van der Waals surface area contributed by atoms with Crippen LogP contribution in [0.5, 0.6) is 0 Å². The van der Waals surface area contributed by atoms with Crippen LogP contribution in [-0.2, 0) is 6.42 Å². The number of nitrogens with zero attached hydrogens (tertiary/aromatic N) is 1. The van der Waals surface area contributed by atoms with Crippen molar-refractivity contribution in [3.63, 3.8) is 0 Å². The number of piperazine rings is 1. The summed E-state index contributed by atoms with van der Waals surface area (Å²) in [4.78, 5) is 2.44. The maximum absolute atomic E-state index is 13.0. The van der Waals surface area contributed by atoms with Crippen molar-refractivity contribution < 1.29 is 4.39 Å². The maximum atomic E-state index is 13.0. The average molecular weight is 222 g/mol. The van der Waals surface area contributed by atoms with Crippen molar-refractivity contribution >= 4 is 0 Å². The van der Waals surface area contributed by atoms with Gasteiger partial charge in [-0.2, -0.15) is 0 Å². The van der Waals surface area contributed by atoms with Crippen molar-refractivity contribution in [1.82, 2.24) is 10.2 Å². The Morgan fingerprint density at radius 2 is 2.38 bits per heavy atom. The third kappa shape index (κ3) is 3.29. The number of nitrogens with one attached hydrogen (secondary N) is 1. The van der Waals surface area contributed by atoms with Crippen LogP contribution < -0.4 is 5.32 Å². The third-order valence-electron chi connectivity index (χ3n) is 3.06. The minimum absolute atomic E-state index is 0.133. The molecule has 1 N–H and O–H groups in total. The summed E-state index contributed by atoms with van der Waals surface area (Å²) in [6.07, 6.45) is 0.935. The quantitative estimate of drug-likeness (QED) is 0.836. The van der Waals surface area contributed by atoms with Crippen molar-refractivity contribution in [2.24, 2.45) is 0 Å². The van der Waals surface area contributed by atoms with Gasteiger partial charge in [0.25, 0.3) is 0 Å². The molecule has 2 rings (SSSR count). The van der Waals surface area contributed by atoms with Crippen LogP contribution in [0.2, 0.25) is 0 Å². The Morgan fingerprint density at radius 3 is 3.12 bits per heavy atom. The summed E-state index contributed by atoms with van der Waals surface area (Å²) in [5.74, 6) is -0.133. The van der Waals surface area contributed by atoms with E-state index in [0.717, 1.165) is 38.2 Å².